The number of carbonyl (C=O) groups is 1. The first kappa shape index (κ1) is 12.9. The molecule has 0 fully saturated rings. The average Bonchev–Trinajstić information content (AvgIpc) is 2.72. The van der Waals surface area contributed by atoms with Gasteiger partial charge in [-0.3, -0.25) is 4.79 Å². The lowest BCUT2D eigenvalue weighted by Crippen LogP contribution is -2.45. The third-order valence-electron chi connectivity index (χ3n) is 3.79. The van der Waals surface area contributed by atoms with E-state index in [1.807, 2.05) is 55.5 Å². The van der Waals surface area contributed by atoms with E-state index in [1.165, 1.54) is 0 Å². The molecule has 0 radical (unpaired) electrons. The number of hydrogen-bond acceptors (Lipinski definition) is 2. The van der Waals surface area contributed by atoms with Crippen LogP contribution in [0.4, 0.5) is 0 Å². The van der Waals surface area contributed by atoms with E-state index in [-0.39, 0.29) is 5.91 Å². The molecule has 0 aliphatic carbocycles. The SMILES string of the molecule is CCCN1C(=O)c2ccccc2[C@]1(O)c1ccccc1. The molecule has 1 aliphatic heterocycles. The van der Waals surface area contributed by atoms with E-state index in [0.29, 0.717) is 17.7 Å². The molecule has 0 saturated carbocycles. The molecular weight excluding hydrogens is 250 g/mol. The Morgan fingerprint density at radius 2 is 1.70 bits per heavy atom. The molecule has 1 N–H and O–H groups in total. The molecule has 0 spiro atoms. The van der Waals surface area contributed by atoms with Crippen LogP contribution in [-0.2, 0) is 5.72 Å². The standard InChI is InChI=1S/C17H17NO2/c1-2-12-18-16(19)14-10-6-7-11-15(14)17(18,20)13-8-4-3-5-9-13/h3-11,20H,2,12H2,1H3/t17-/m1/s1. The molecule has 3 rings (SSSR count). The molecule has 0 unspecified atom stereocenters. The van der Waals surface area contributed by atoms with Gasteiger partial charge in [-0.1, -0.05) is 55.5 Å². The summed E-state index contributed by atoms with van der Waals surface area (Å²) in [5.41, 5.74) is 0.633. The first-order valence-corrected chi connectivity index (χ1v) is 6.89. The van der Waals surface area contributed by atoms with Gasteiger partial charge in [0, 0.05) is 23.2 Å². The minimum Gasteiger partial charge on any atom is -0.363 e. The lowest BCUT2D eigenvalue weighted by atomic mass is 9.94. The highest BCUT2D eigenvalue weighted by atomic mass is 16.3. The van der Waals surface area contributed by atoms with Crippen molar-refractivity contribution < 1.29 is 9.90 Å². The first-order chi connectivity index (χ1) is 9.69. The molecule has 2 aromatic carbocycles. The maximum atomic E-state index is 12.5. The van der Waals surface area contributed by atoms with Gasteiger partial charge in [0.2, 0.25) is 0 Å². The fourth-order valence-electron chi connectivity index (χ4n) is 2.88. The van der Waals surface area contributed by atoms with Crippen LogP contribution >= 0.6 is 0 Å². The smallest absolute Gasteiger partial charge is 0.257 e. The van der Waals surface area contributed by atoms with Gasteiger partial charge >= 0.3 is 0 Å². The summed E-state index contributed by atoms with van der Waals surface area (Å²) in [7, 11) is 0. The Labute approximate surface area is 118 Å². The van der Waals surface area contributed by atoms with E-state index in [2.05, 4.69) is 0 Å². The number of rotatable bonds is 3. The van der Waals surface area contributed by atoms with E-state index in [9.17, 15) is 9.90 Å². The molecule has 3 nitrogen and oxygen atoms in total. The van der Waals surface area contributed by atoms with Crippen LogP contribution in [0.15, 0.2) is 54.6 Å². The number of fused-ring (bicyclic) bond motifs is 1. The van der Waals surface area contributed by atoms with E-state index in [1.54, 1.807) is 11.0 Å². The zero-order valence-corrected chi connectivity index (χ0v) is 11.4. The third kappa shape index (κ3) is 1.67. The van der Waals surface area contributed by atoms with Crippen LogP contribution < -0.4 is 0 Å². The van der Waals surface area contributed by atoms with Gasteiger partial charge in [0.1, 0.15) is 0 Å². The van der Waals surface area contributed by atoms with Crippen LogP contribution in [0.3, 0.4) is 0 Å². The number of hydrogen-bond donors (Lipinski definition) is 1. The summed E-state index contributed by atoms with van der Waals surface area (Å²) in [4.78, 5) is 14.1. The van der Waals surface area contributed by atoms with Crippen molar-refractivity contribution in [3.8, 4) is 0 Å². The number of benzene rings is 2. The molecular formula is C17H17NO2. The molecule has 1 amide bonds. The number of nitrogens with zero attached hydrogens (tertiary/aromatic N) is 1. The minimum absolute atomic E-state index is 0.103. The monoisotopic (exact) mass is 267 g/mol. The summed E-state index contributed by atoms with van der Waals surface area (Å²) >= 11 is 0. The van der Waals surface area contributed by atoms with Gasteiger partial charge in [-0.2, -0.15) is 0 Å². The van der Waals surface area contributed by atoms with Crippen molar-refractivity contribution >= 4 is 5.91 Å². The fraction of sp³-hybridized carbons (Fsp3) is 0.235. The van der Waals surface area contributed by atoms with Crippen molar-refractivity contribution in [2.24, 2.45) is 0 Å². The van der Waals surface area contributed by atoms with E-state index < -0.39 is 5.72 Å². The predicted molar refractivity (Wildman–Crippen MR) is 77.2 cm³/mol. The highest BCUT2D eigenvalue weighted by Gasteiger charge is 2.48. The third-order valence-corrected chi connectivity index (χ3v) is 3.79. The van der Waals surface area contributed by atoms with Crippen LogP contribution in [0.5, 0.6) is 0 Å². The van der Waals surface area contributed by atoms with Gasteiger partial charge in [0.15, 0.2) is 5.72 Å². The molecule has 1 aliphatic rings. The van der Waals surface area contributed by atoms with Gasteiger partial charge in [-0.05, 0) is 12.5 Å². The summed E-state index contributed by atoms with van der Waals surface area (Å²) in [5.74, 6) is -0.103. The Kier molecular flexibility index (Phi) is 3.07. The lowest BCUT2D eigenvalue weighted by molar-refractivity contribution is -0.0498. The zero-order chi connectivity index (χ0) is 14.2. The normalized spacial score (nSPS) is 21.1. The average molecular weight is 267 g/mol. The summed E-state index contributed by atoms with van der Waals surface area (Å²) in [6.45, 7) is 2.53. The van der Waals surface area contributed by atoms with Crippen molar-refractivity contribution in [2.45, 2.75) is 19.1 Å². The lowest BCUT2D eigenvalue weighted by Gasteiger charge is -2.34. The Balaban J connectivity index is 2.22. The molecule has 20 heavy (non-hydrogen) atoms. The summed E-state index contributed by atoms with van der Waals surface area (Å²) in [6.07, 6.45) is 0.800. The molecule has 0 saturated heterocycles. The quantitative estimate of drug-likeness (QED) is 0.929. The zero-order valence-electron chi connectivity index (χ0n) is 11.4. The maximum absolute atomic E-state index is 12.5. The number of aliphatic hydroxyl groups is 1. The molecule has 2 aromatic rings. The van der Waals surface area contributed by atoms with Crippen molar-refractivity contribution in [3.05, 3.63) is 71.3 Å². The Morgan fingerprint density at radius 3 is 2.40 bits per heavy atom. The van der Waals surface area contributed by atoms with Crippen LogP contribution in [0.25, 0.3) is 0 Å². The summed E-state index contributed by atoms with van der Waals surface area (Å²) < 4.78 is 0. The van der Waals surface area contributed by atoms with E-state index >= 15 is 0 Å². The van der Waals surface area contributed by atoms with E-state index in [4.69, 9.17) is 0 Å². The molecule has 3 heteroatoms. The van der Waals surface area contributed by atoms with Crippen molar-refractivity contribution in [1.29, 1.82) is 0 Å². The Hall–Kier alpha value is -2.13. The van der Waals surface area contributed by atoms with Gasteiger partial charge in [-0.15, -0.1) is 0 Å². The van der Waals surface area contributed by atoms with Crippen molar-refractivity contribution in [1.82, 2.24) is 4.90 Å². The second kappa shape index (κ2) is 4.76. The first-order valence-electron chi connectivity index (χ1n) is 6.89. The molecule has 1 atom stereocenters. The van der Waals surface area contributed by atoms with Gasteiger partial charge in [-0.25, -0.2) is 0 Å². The number of amides is 1. The minimum atomic E-state index is -1.36. The number of carbonyl (C=O) groups excluding carboxylic acids is 1. The molecule has 102 valence electrons. The maximum Gasteiger partial charge on any atom is 0.257 e. The summed E-state index contributed by atoms with van der Waals surface area (Å²) in [5, 5.41) is 11.3. The second-order valence-corrected chi connectivity index (χ2v) is 5.04. The van der Waals surface area contributed by atoms with Crippen LogP contribution in [0, 0.1) is 0 Å². The van der Waals surface area contributed by atoms with Gasteiger partial charge in [0.25, 0.3) is 5.91 Å². The Bertz CT molecular complexity index is 638. The van der Waals surface area contributed by atoms with Crippen LogP contribution in [0.2, 0.25) is 0 Å². The second-order valence-electron chi connectivity index (χ2n) is 5.04. The summed E-state index contributed by atoms with van der Waals surface area (Å²) in [6, 6.07) is 16.7. The van der Waals surface area contributed by atoms with Gasteiger partial charge < -0.3 is 10.0 Å². The molecule has 1 heterocycles. The van der Waals surface area contributed by atoms with Crippen LogP contribution in [0.1, 0.15) is 34.8 Å². The molecule has 0 bridgehead atoms. The predicted octanol–water partition coefficient (Wildman–Crippen LogP) is 2.75. The highest BCUT2D eigenvalue weighted by Crippen LogP contribution is 2.41. The molecule has 0 aromatic heterocycles. The Morgan fingerprint density at radius 1 is 1.05 bits per heavy atom. The van der Waals surface area contributed by atoms with Crippen molar-refractivity contribution in [2.75, 3.05) is 6.54 Å². The highest BCUT2D eigenvalue weighted by molar-refractivity contribution is 6.00. The largest absolute Gasteiger partial charge is 0.363 e. The van der Waals surface area contributed by atoms with E-state index in [0.717, 1.165) is 12.0 Å². The fourth-order valence-corrected chi connectivity index (χ4v) is 2.88. The topological polar surface area (TPSA) is 40.5 Å². The van der Waals surface area contributed by atoms with Crippen LogP contribution in [-0.4, -0.2) is 22.5 Å². The van der Waals surface area contributed by atoms with Gasteiger partial charge in [0.05, 0.1) is 0 Å². The van der Waals surface area contributed by atoms with Crippen molar-refractivity contribution in [3.63, 3.8) is 0 Å².